The summed E-state index contributed by atoms with van der Waals surface area (Å²) >= 11 is 6.34. The van der Waals surface area contributed by atoms with Crippen LogP contribution in [0.3, 0.4) is 0 Å². The summed E-state index contributed by atoms with van der Waals surface area (Å²) in [4.78, 5) is 25.3. The van der Waals surface area contributed by atoms with Crippen LogP contribution < -0.4 is 15.8 Å². The van der Waals surface area contributed by atoms with Crippen molar-refractivity contribution in [3.8, 4) is 5.75 Å². The van der Waals surface area contributed by atoms with Crippen molar-refractivity contribution in [2.24, 2.45) is 0 Å². The topological polar surface area (TPSA) is 69.7 Å². The number of aryl methyl sites for hydroxylation is 2. The highest BCUT2D eigenvalue weighted by Gasteiger charge is 2.28. The van der Waals surface area contributed by atoms with Crippen LogP contribution in [0.25, 0.3) is 21.9 Å². The van der Waals surface area contributed by atoms with Gasteiger partial charge in [0.2, 0.25) is 0 Å². The molecule has 1 unspecified atom stereocenters. The Balaban J connectivity index is 2.17. The molecular formula is C23H22ClO5. The van der Waals surface area contributed by atoms with Crippen molar-refractivity contribution in [1.82, 2.24) is 0 Å². The predicted molar refractivity (Wildman–Crippen MR) is 113 cm³/mol. The molecule has 0 saturated carbocycles. The zero-order chi connectivity index (χ0) is 20.7. The van der Waals surface area contributed by atoms with E-state index < -0.39 is 5.63 Å². The summed E-state index contributed by atoms with van der Waals surface area (Å²) in [5.41, 5.74) is 0.736. The molecule has 4 rings (SSSR count). The normalized spacial score (nSPS) is 15.7. The van der Waals surface area contributed by atoms with Gasteiger partial charge in [-0.15, -0.1) is 0 Å². The van der Waals surface area contributed by atoms with Crippen molar-refractivity contribution in [2.45, 2.75) is 59.0 Å². The molecule has 1 atom stereocenters. The highest BCUT2D eigenvalue weighted by atomic mass is 35.5. The van der Waals surface area contributed by atoms with Crippen LogP contribution in [0.2, 0.25) is 5.02 Å². The maximum atomic E-state index is 12.8. The smallest absolute Gasteiger partial charge is 0.355 e. The van der Waals surface area contributed by atoms with E-state index in [9.17, 15) is 9.59 Å². The van der Waals surface area contributed by atoms with E-state index in [1.54, 1.807) is 6.92 Å². The van der Waals surface area contributed by atoms with Crippen molar-refractivity contribution >= 4 is 33.5 Å². The number of unbranched alkanes of at least 4 members (excludes halogenated alkanes) is 1. The molecule has 0 amide bonds. The Labute approximate surface area is 172 Å². The van der Waals surface area contributed by atoms with Gasteiger partial charge < -0.3 is 13.6 Å². The zero-order valence-electron chi connectivity index (χ0n) is 16.7. The second-order valence-electron chi connectivity index (χ2n) is 7.38. The number of fused-ring (bicyclic) bond motifs is 6. The van der Waals surface area contributed by atoms with Gasteiger partial charge in [-0.25, -0.2) is 4.79 Å². The lowest BCUT2D eigenvalue weighted by Gasteiger charge is -2.24. The third kappa shape index (κ3) is 3.27. The number of halogens is 1. The lowest BCUT2D eigenvalue weighted by atomic mass is 9.96. The van der Waals surface area contributed by atoms with Gasteiger partial charge in [-0.2, -0.15) is 0 Å². The van der Waals surface area contributed by atoms with Crippen molar-refractivity contribution < 1.29 is 13.6 Å². The lowest BCUT2D eigenvalue weighted by molar-refractivity contribution is 0.231. The molecule has 3 heterocycles. The molecule has 0 bridgehead atoms. The first-order valence-corrected chi connectivity index (χ1v) is 10.4. The molecule has 0 fully saturated rings. The summed E-state index contributed by atoms with van der Waals surface area (Å²) in [6, 6.07) is 1.39. The lowest BCUT2D eigenvalue weighted by Crippen LogP contribution is -2.19. The van der Waals surface area contributed by atoms with Crippen molar-refractivity contribution in [1.29, 1.82) is 0 Å². The Hall–Kier alpha value is -2.53. The molecule has 0 spiro atoms. The molecule has 2 aromatic heterocycles. The molecular weight excluding hydrogens is 392 g/mol. The predicted octanol–water partition coefficient (Wildman–Crippen LogP) is 5.47. The first-order valence-electron chi connectivity index (χ1n) is 9.98. The van der Waals surface area contributed by atoms with E-state index in [2.05, 4.69) is 13.0 Å². The highest BCUT2D eigenvalue weighted by molar-refractivity contribution is 6.32. The monoisotopic (exact) mass is 413 g/mol. The van der Waals surface area contributed by atoms with Crippen molar-refractivity contribution in [2.75, 3.05) is 0 Å². The van der Waals surface area contributed by atoms with E-state index in [0.717, 1.165) is 25.7 Å². The second-order valence-corrected chi connectivity index (χ2v) is 7.75. The minimum atomic E-state index is -0.665. The largest absolute Gasteiger partial charge is 0.485 e. The van der Waals surface area contributed by atoms with Crippen LogP contribution in [0.1, 0.15) is 56.4 Å². The van der Waals surface area contributed by atoms with Gasteiger partial charge in [0, 0.05) is 6.07 Å². The van der Waals surface area contributed by atoms with Gasteiger partial charge in [-0.3, -0.25) is 4.79 Å². The van der Waals surface area contributed by atoms with Crippen LogP contribution in [0.4, 0.5) is 0 Å². The standard InChI is InChI=1S/C23H22ClO5/c1-4-6-8-13-9-10-15-20(28-13)17-14(7-5-2)19(24)23(26)29-22(17)18-16(25)11-12(3)27-21(15)18/h9,11,13H,4-8H2,1-3H3. The summed E-state index contributed by atoms with van der Waals surface area (Å²) in [6.45, 7) is 5.83. The minimum absolute atomic E-state index is 0.0284. The molecule has 1 aliphatic rings. The van der Waals surface area contributed by atoms with E-state index >= 15 is 0 Å². The zero-order valence-corrected chi connectivity index (χ0v) is 17.4. The molecule has 29 heavy (non-hydrogen) atoms. The molecule has 6 heteroatoms. The van der Waals surface area contributed by atoms with Crippen LogP contribution in [-0.2, 0) is 6.42 Å². The number of ether oxygens (including phenoxy) is 1. The third-order valence-electron chi connectivity index (χ3n) is 5.17. The van der Waals surface area contributed by atoms with Crippen molar-refractivity contribution in [3.05, 3.63) is 60.8 Å². The fourth-order valence-electron chi connectivity index (χ4n) is 3.85. The first-order chi connectivity index (χ1) is 14.0. The molecule has 1 aromatic carbocycles. The van der Waals surface area contributed by atoms with E-state index in [4.69, 9.17) is 25.2 Å². The molecule has 1 radical (unpaired) electrons. The maximum Gasteiger partial charge on any atom is 0.355 e. The Kier molecular flexibility index (Phi) is 5.26. The average molecular weight is 414 g/mol. The van der Waals surface area contributed by atoms with Crippen LogP contribution >= 0.6 is 11.6 Å². The second kappa shape index (κ2) is 7.71. The van der Waals surface area contributed by atoms with Crippen molar-refractivity contribution in [3.63, 3.8) is 0 Å². The quantitative estimate of drug-likeness (QED) is 0.409. The number of benzene rings is 1. The Morgan fingerprint density at radius 1 is 1.10 bits per heavy atom. The van der Waals surface area contributed by atoms with E-state index in [-0.39, 0.29) is 27.5 Å². The van der Waals surface area contributed by atoms with Crippen LogP contribution in [-0.4, -0.2) is 6.10 Å². The minimum Gasteiger partial charge on any atom is -0.485 e. The summed E-state index contributed by atoms with van der Waals surface area (Å²) < 4.78 is 17.7. The summed E-state index contributed by atoms with van der Waals surface area (Å²) in [5, 5.41) is 0.810. The molecule has 3 aromatic rings. The number of rotatable bonds is 5. The van der Waals surface area contributed by atoms with Gasteiger partial charge in [0.25, 0.3) is 0 Å². The van der Waals surface area contributed by atoms with E-state index in [0.29, 0.717) is 40.0 Å². The summed E-state index contributed by atoms with van der Waals surface area (Å²) in [5.74, 6) is 0.975. The van der Waals surface area contributed by atoms with E-state index in [1.807, 2.05) is 13.0 Å². The SMILES string of the molecule is CCCCC1C=[C]c2c(c3c(CCC)c(Cl)c(=O)oc3c3c(=O)cc(C)oc23)O1. The van der Waals surface area contributed by atoms with Gasteiger partial charge in [0.1, 0.15) is 28.0 Å². The third-order valence-corrected chi connectivity index (χ3v) is 5.55. The van der Waals surface area contributed by atoms with Gasteiger partial charge >= 0.3 is 5.63 Å². The van der Waals surface area contributed by atoms with Crippen LogP contribution in [0.15, 0.2) is 30.6 Å². The Bertz CT molecular complexity index is 1250. The van der Waals surface area contributed by atoms with Gasteiger partial charge in [-0.05, 0) is 43.9 Å². The molecule has 0 aliphatic carbocycles. The molecule has 5 nitrogen and oxygen atoms in total. The molecule has 0 saturated heterocycles. The average Bonchev–Trinajstić information content (AvgIpc) is 2.69. The van der Waals surface area contributed by atoms with E-state index in [1.165, 1.54) is 6.07 Å². The summed E-state index contributed by atoms with van der Waals surface area (Å²) in [7, 11) is 0. The summed E-state index contributed by atoms with van der Waals surface area (Å²) in [6.07, 6.45) is 9.21. The Morgan fingerprint density at radius 3 is 2.62 bits per heavy atom. The van der Waals surface area contributed by atoms with Gasteiger partial charge in [0.15, 0.2) is 16.6 Å². The molecule has 151 valence electrons. The van der Waals surface area contributed by atoms with Crippen LogP contribution in [0, 0.1) is 13.0 Å². The Morgan fingerprint density at radius 2 is 1.90 bits per heavy atom. The number of hydrogen-bond acceptors (Lipinski definition) is 5. The highest BCUT2D eigenvalue weighted by Crippen LogP contribution is 2.43. The molecule has 1 aliphatic heterocycles. The molecule has 0 N–H and O–H groups in total. The van der Waals surface area contributed by atoms with Gasteiger partial charge in [0.05, 0.1) is 10.9 Å². The van der Waals surface area contributed by atoms with Gasteiger partial charge in [-0.1, -0.05) is 38.3 Å². The first kappa shape index (κ1) is 19.8. The van der Waals surface area contributed by atoms with Crippen LogP contribution in [0.5, 0.6) is 5.75 Å². The maximum absolute atomic E-state index is 12.8. The fraction of sp³-hybridized carbons (Fsp3) is 0.391. The number of hydrogen-bond donors (Lipinski definition) is 0. The fourth-order valence-corrected chi connectivity index (χ4v) is 4.07.